The summed E-state index contributed by atoms with van der Waals surface area (Å²) in [6, 6.07) is 7.42. The molecule has 0 fully saturated rings. The minimum Gasteiger partial charge on any atom is -0.482 e. The number of aromatic amines is 1. The van der Waals surface area contributed by atoms with Gasteiger partial charge in [0.2, 0.25) is 5.88 Å². The van der Waals surface area contributed by atoms with Crippen molar-refractivity contribution in [2.24, 2.45) is 5.73 Å². The smallest absolute Gasteiger partial charge is 0.254 e. The van der Waals surface area contributed by atoms with Crippen molar-refractivity contribution < 1.29 is 9.53 Å². The van der Waals surface area contributed by atoms with Gasteiger partial charge in [-0.15, -0.1) is 0 Å². The first-order valence-electron chi connectivity index (χ1n) is 4.18. The standard InChI is InChI=1S/C10H10N2O2/c1-14-10-8(9(11)13)6-4-2-3-5-7(6)12-10/h2-5,12H,1H3,(H2,11,13). The molecule has 1 amide bonds. The number of amides is 1. The molecule has 3 N–H and O–H groups in total. The minimum atomic E-state index is -0.487. The van der Waals surface area contributed by atoms with E-state index < -0.39 is 5.91 Å². The van der Waals surface area contributed by atoms with E-state index in [9.17, 15) is 4.79 Å². The number of hydrogen-bond acceptors (Lipinski definition) is 2. The largest absolute Gasteiger partial charge is 0.482 e. The van der Waals surface area contributed by atoms with Gasteiger partial charge in [-0.25, -0.2) is 0 Å². The lowest BCUT2D eigenvalue weighted by molar-refractivity contribution is 0.0999. The zero-order valence-corrected chi connectivity index (χ0v) is 7.70. The second-order valence-electron chi connectivity index (χ2n) is 2.94. The van der Waals surface area contributed by atoms with Crippen molar-refractivity contribution in [1.82, 2.24) is 4.98 Å². The third-order valence-corrected chi connectivity index (χ3v) is 2.12. The van der Waals surface area contributed by atoms with Crippen molar-refractivity contribution in [3.05, 3.63) is 29.8 Å². The van der Waals surface area contributed by atoms with Crippen LogP contribution in [0.2, 0.25) is 0 Å². The number of H-pyrrole nitrogens is 1. The average Bonchev–Trinajstić information content (AvgIpc) is 2.55. The van der Waals surface area contributed by atoms with Crippen LogP contribution in [0, 0.1) is 0 Å². The number of carbonyl (C=O) groups excluding carboxylic acids is 1. The summed E-state index contributed by atoms with van der Waals surface area (Å²) in [5.41, 5.74) is 6.51. The molecule has 0 saturated carbocycles. The number of nitrogens with one attached hydrogen (secondary N) is 1. The Balaban J connectivity index is 2.81. The van der Waals surface area contributed by atoms with Gasteiger partial charge in [0, 0.05) is 10.9 Å². The Kier molecular flexibility index (Phi) is 1.89. The van der Waals surface area contributed by atoms with Crippen molar-refractivity contribution in [1.29, 1.82) is 0 Å². The van der Waals surface area contributed by atoms with Crippen LogP contribution in [0.4, 0.5) is 0 Å². The molecule has 72 valence electrons. The van der Waals surface area contributed by atoms with Crippen molar-refractivity contribution in [3.63, 3.8) is 0 Å². The van der Waals surface area contributed by atoms with Crippen LogP contribution < -0.4 is 10.5 Å². The number of primary amides is 1. The SMILES string of the molecule is COc1[nH]c2ccccc2c1C(N)=O. The first-order valence-corrected chi connectivity index (χ1v) is 4.18. The molecule has 1 aromatic carbocycles. The summed E-state index contributed by atoms with van der Waals surface area (Å²) in [5.74, 6) is -0.0713. The van der Waals surface area contributed by atoms with E-state index in [4.69, 9.17) is 10.5 Å². The fourth-order valence-corrected chi connectivity index (χ4v) is 1.51. The maximum absolute atomic E-state index is 11.2. The molecule has 0 aliphatic heterocycles. The molecule has 1 aromatic heterocycles. The first-order chi connectivity index (χ1) is 6.74. The topological polar surface area (TPSA) is 68.1 Å². The third kappa shape index (κ3) is 1.12. The Hall–Kier alpha value is -1.97. The molecule has 14 heavy (non-hydrogen) atoms. The van der Waals surface area contributed by atoms with E-state index in [-0.39, 0.29) is 0 Å². The fourth-order valence-electron chi connectivity index (χ4n) is 1.51. The second kappa shape index (κ2) is 3.06. The van der Waals surface area contributed by atoms with Gasteiger partial charge in [0.15, 0.2) is 0 Å². The highest BCUT2D eigenvalue weighted by molar-refractivity contribution is 6.08. The normalized spacial score (nSPS) is 10.4. The number of methoxy groups -OCH3 is 1. The average molecular weight is 190 g/mol. The molecule has 4 heteroatoms. The van der Waals surface area contributed by atoms with Crippen LogP contribution in [0.3, 0.4) is 0 Å². The van der Waals surface area contributed by atoms with Gasteiger partial charge in [0.05, 0.1) is 7.11 Å². The van der Waals surface area contributed by atoms with Crippen LogP contribution >= 0.6 is 0 Å². The molecule has 2 rings (SSSR count). The molecular formula is C10H10N2O2. The van der Waals surface area contributed by atoms with Gasteiger partial charge in [0.1, 0.15) is 5.56 Å². The van der Waals surface area contributed by atoms with Gasteiger partial charge in [-0.3, -0.25) is 4.79 Å². The molecule has 0 radical (unpaired) electrons. The molecule has 0 unspecified atom stereocenters. The van der Waals surface area contributed by atoms with E-state index in [1.54, 1.807) is 0 Å². The lowest BCUT2D eigenvalue weighted by Crippen LogP contribution is -2.11. The molecule has 0 spiro atoms. The van der Waals surface area contributed by atoms with Crippen LogP contribution in [0.15, 0.2) is 24.3 Å². The van der Waals surface area contributed by atoms with Crippen LogP contribution in [-0.4, -0.2) is 18.0 Å². The second-order valence-corrected chi connectivity index (χ2v) is 2.94. The molecular weight excluding hydrogens is 180 g/mol. The van der Waals surface area contributed by atoms with E-state index in [2.05, 4.69) is 4.98 Å². The summed E-state index contributed by atoms with van der Waals surface area (Å²) in [5, 5.41) is 0.789. The lowest BCUT2D eigenvalue weighted by Gasteiger charge is -1.97. The third-order valence-electron chi connectivity index (χ3n) is 2.12. The Morgan fingerprint density at radius 3 is 2.79 bits per heavy atom. The lowest BCUT2D eigenvalue weighted by atomic mass is 10.1. The van der Waals surface area contributed by atoms with Crippen LogP contribution in [0.25, 0.3) is 10.9 Å². The predicted molar refractivity (Wildman–Crippen MR) is 53.4 cm³/mol. The van der Waals surface area contributed by atoms with Crippen molar-refractivity contribution in [2.75, 3.05) is 7.11 Å². The van der Waals surface area contributed by atoms with Crippen LogP contribution in [0.5, 0.6) is 5.88 Å². The highest BCUT2D eigenvalue weighted by Gasteiger charge is 2.15. The van der Waals surface area contributed by atoms with Crippen LogP contribution in [-0.2, 0) is 0 Å². The quantitative estimate of drug-likeness (QED) is 0.748. The monoisotopic (exact) mass is 190 g/mol. The van der Waals surface area contributed by atoms with Crippen molar-refractivity contribution in [2.45, 2.75) is 0 Å². The maximum Gasteiger partial charge on any atom is 0.254 e. The van der Waals surface area contributed by atoms with Crippen LogP contribution in [0.1, 0.15) is 10.4 Å². The Labute approximate surface area is 80.7 Å². The Morgan fingerprint density at radius 2 is 2.14 bits per heavy atom. The summed E-state index contributed by atoms with van der Waals surface area (Å²) >= 11 is 0. The van der Waals surface area contributed by atoms with Gasteiger partial charge < -0.3 is 15.5 Å². The van der Waals surface area contributed by atoms with Gasteiger partial charge in [-0.1, -0.05) is 18.2 Å². The zero-order valence-electron chi connectivity index (χ0n) is 7.70. The van der Waals surface area contributed by atoms with Crippen molar-refractivity contribution in [3.8, 4) is 5.88 Å². The Bertz CT molecular complexity index is 488. The molecule has 0 bridgehead atoms. The number of fused-ring (bicyclic) bond motifs is 1. The van der Waals surface area contributed by atoms with Crippen molar-refractivity contribution >= 4 is 16.8 Å². The number of para-hydroxylation sites is 1. The molecule has 0 aliphatic carbocycles. The summed E-state index contributed by atoms with van der Waals surface area (Å²) < 4.78 is 5.04. The first kappa shape index (κ1) is 8.62. The van der Waals surface area contributed by atoms with E-state index in [0.717, 1.165) is 10.9 Å². The Morgan fingerprint density at radius 1 is 1.43 bits per heavy atom. The number of aromatic nitrogens is 1. The predicted octanol–water partition coefficient (Wildman–Crippen LogP) is 1.28. The summed E-state index contributed by atoms with van der Waals surface area (Å²) in [4.78, 5) is 14.2. The van der Waals surface area contributed by atoms with E-state index in [1.807, 2.05) is 24.3 Å². The highest BCUT2D eigenvalue weighted by atomic mass is 16.5. The molecule has 0 aliphatic rings. The maximum atomic E-state index is 11.2. The van der Waals surface area contributed by atoms with E-state index >= 15 is 0 Å². The number of ether oxygens (including phenoxy) is 1. The molecule has 0 saturated heterocycles. The number of rotatable bonds is 2. The molecule has 1 heterocycles. The number of benzene rings is 1. The van der Waals surface area contributed by atoms with Gasteiger partial charge in [0.25, 0.3) is 5.91 Å². The summed E-state index contributed by atoms with van der Waals surface area (Å²) in [6.45, 7) is 0. The van der Waals surface area contributed by atoms with Gasteiger partial charge in [-0.2, -0.15) is 0 Å². The van der Waals surface area contributed by atoms with E-state index in [1.165, 1.54) is 7.11 Å². The fraction of sp³-hybridized carbons (Fsp3) is 0.100. The summed E-state index contributed by atoms with van der Waals surface area (Å²) in [7, 11) is 1.50. The van der Waals surface area contributed by atoms with E-state index in [0.29, 0.717) is 11.4 Å². The zero-order chi connectivity index (χ0) is 10.1. The molecule has 4 nitrogen and oxygen atoms in total. The summed E-state index contributed by atoms with van der Waals surface area (Å²) in [6.07, 6.45) is 0. The molecule has 0 atom stereocenters. The number of nitrogens with two attached hydrogens (primary N) is 1. The minimum absolute atomic E-state index is 0.406. The highest BCUT2D eigenvalue weighted by Crippen LogP contribution is 2.26. The number of carbonyl (C=O) groups is 1. The number of hydrogen-bond donors (Lipinski definition) is 2. The van der Waals surface area contributed by atoms with Gasteiger partial charge in [-0.05, 0) is 6.07 Å². The molecule has 2 aromatic rings. The van der Waals surface area contributed by atoms with Gasteiger partial charge >= 0.3 is 0 Å².